The highest BCUT2D eigenvalue weighted by Crippen LogP contribution is 2.23. The molecule has 0 saturated carbocycles. The minimum atomic E-state index is -0.320. The number of hydrogen-bond acceptors (Lipinski definition) is 3. The van der Waals surface area contributed by atoms with Crippen LogP contribution in [-0.4, -0.2) is 12.6 Å². The second kappa shape index (κ2) is 6.18. The SMILES string of the molecule is NNC(Cc1c(F)cccc1Cl)C1=CCCCO1. The van der Waals surface area contributed by atoms with Crippen molar-refractivity contribution in [2.45, 2.75) is 25.3 Å². The normalized spacial score (nSPS) is 16.9. The summed E-state index contributed by atoms with van der Waals surface area (Å²) in [7, 11) is 0. The molecule has 1 aromatic carbocycles. The van der Waals surface area contributed by atoms with E-state index in [9.17, 15) is 4.39 Å². The average Bonchev–Trinajstić information content (AvgIpc) is 2.40. The molecule has 98 valence electrons. The van der Waals surface area contributed by atoms with E-state index >= 15 is 0 Å². The summed E-state index contributed by atoms with van der Waals surface area (Å²) in [6, 6.07) is 4.40. The van der Waals surface area contributed by atoms with E-state index in [4.69, 9.17) is 22.2 Å². The van der Waals surface area contributed by atoms with Crippen molar-refractivity contribution in [1.29, 1.82) is 0 Å². The van der Waals surface area contributed by atoms with Crippen LogP contribution in [0.2, 0.25) is 5.02 Å². The van der Waals surface area contributed by atoms with Crippen LogP contribution in [0.3, 0.4) is 0 Å². The van der Waals surface area contributed by atoms with Crippen molar-refractivity contribution in [3.05, 3.63) is 46.4 Å². The van der Waals surface area contributed by atoms with Crippen LogP contribution in [-0.2, 0) is 11.2 Å². The maximum atomic E-state index is 13.7. The minimum Gasteiger partial charge on any atom is -0.497 e. The zero-order chi connectivity index (χ0) is 13.0. The maximum Gasteiger partial charge on any atom is 0.127 e. The third-order valence-corrected chi connectivity index (χ3v) is 3.33. The zero-order valence-electron chi connectivity index (χ0n) is 9.96. The van der Waals surface area contributed by atoms with Gasteiger partial charge in [-0.1, -0.05) is 17.7 Å². The molecule has 2 rings (SSSR count). The Labute approximate surface area is 111 Å². The molecule has 1 aliphatic heterocycles. The molecule has 1 aliphatic rings. The minimum absolute atomic E-state index is 0.250. The van der Waals surface area contributed by atoms with Crippen LogP contribution in [0, 0.1) is 5.82 Å². The zero-order valence-corrected chi connectivity index (χ0v) is 10.7. The van der Waals surface area contributed by atoms with Gasteiger partial charge in [-0.15, -0.1) is 0 Å². The molecular weight excluding hydrogens is 255 g/mol. The standard InChI is InChI=1S/C13H16ClFN2O/c14-10-4-3-5-11(15)9(10)8-12(17-16)13-6-1-2-7-18-13/h3-6,12,17H,1-2,7-8,16H2. The lowest BCUT2D eigenvalue weighted by Crippen LogP contribution is -2.39. The Bertz CT molecular complexity index is 430. The summed E-state index contributed by atoms with van der Waals surface area (Å²) in [6.07, 6.45) is 4.32. The second-order valence-electron chi connectivity index (χ2n) is 4.22. The van der Waals surface area contributed by atoms with Crippen molar-refractivity contribution in [3.63, 3.8) is 0 Å². The quantitative estimate of drug-likeness (QED) is 0.653. The van der Waals surface area contributed by atoms with Crippen LogP contribution < -0.4 is 11.3 Å². The summed E-state index contributed by atoms with van der Waals surface area (Å²) in [5, 5.41) is 0.409. The Morgan fingerprint density at radius 1 is 1.50 bits per heavy atom. The van der Waals surface area contributed by atoms with Crippen LogP contribution in [0.1, 0.15) is 18.4 Å². The number of nitrogens with two attached hydrogens (primary N) is 1. The highest BCUT2D eigenvalue weighted by molar-refractivity contribution is 6.31. The molecule has 0 radical (unpaired) electrons. The Hall–Kier alpha value is -1.10. The fourth-order valence-corrected chi connectivity index (χ4v) is 2.23. The molecule has 0 fully saturated rings. The van der Waals surface area contributed by atoms with Crippen molar-refractivity contribution in [1.82, 2.24) is 5.43 Å². The fourth-order valence-electron chi connectivity index (χ4n) is 1.99. The number of allylic oxidation sites excluding steroid dienone is 1. The number of nitrogens with one attached hydrogen (secondary N) is 1. The van der Waals surface area contributed by atoms with E-state index in [1.54, 1.807) is 12.1 Å². The van der Waals surface area contributed by atoms with E-state index in [0.29, 0.717) is 23.6 Å². The molecule has 1 heterocycles. The van der Waals surface area contributed by atoms with Gasteiger partial charge >= 0.3 is 0 Å². The van der Waals surface area contributed by atoms with Crippen LogP contribution in [0.4, 0.5) is 4.39 Å². The predicted octanol–water partition coefficient (Wildman–Crippen LogP) is 2.55. The summed E-state index contributed by atoms with van der Waals surface area (Å²) in [5.41, 5.74) is 3.11. The highest BCUT2D eigenvalue weighted by atomic mass is 35.5. The van der Waals surface area contributed by atoms with Crippen LogP contribution in [0.25, 0.3) is 0 Å². The molecule has 0 aromatic heterocycles. The first kappa shape index (κ1) is 13.3. The summed E-state index contributed by atoms with van der Waals surface area (Å²) < 4.78 is 19.2. The monoisotopic (exact) mass is 270 g/mol. The molecule has 3 nitrogen and oxygen atoms in total. The van der Waals surface area contributed by atoms with Gasteiger partial charge in [0.05, 0.1) is 12.6 Å². The lowest BCUT2D eigenvalue weighted by molar-refractivity contribution is 0.167. The second-order valence-corrected chi connectivity index (χ2v) is 4.63. The molecule has 3 N–H and O–H groups in total. The summed E-state index contributed by atoms with van der Waals surface area (Å²) in [4.78, 5) is 0. The number of ether oxygens (including phenoxy) is 1. The summed E-state index contributed by atoms with van der Waals surface area (Å²) >= 11 is 6.00. The van der Waals surface area contributed by atoms with E-state index in [1.165, 1.54) is 6.07 Å². The molecule has 1 unspecified atom stereocenters. The van der Waals surface area contributed by atoms with Gasteiger partial charge in [-0.25, -0.2) is 9.82 Å². The van der Waals surface area contributed by atoms with E-state index in [1.807, 2.05) is 6.08 Å². The van der Waals surface area contributed by atoms with Gasteiger partial charge in [0.2, 0.25) is 0 Å². The lowest BCUT2D eigenvalue weighted by Gasteiger charge is -2.23. The molecule has 0 bridgehead atoms. The van der Waals surface area contributed by atoms with Gasteiger partial charge in [-0.3, -0.25) is 5.84 Å². The molecule has 0 saturated heterocycles. The van der Waals surface area contributed by atoms with Crippen LogP contribution >= 0.6 is 11.6 Å². The molecule has 0 amide bonds. The average molecular weight is 271 g/mol. The molecule has 0 spiro atoms. The fraction of sp³-hybridized carbons (Fsp3) is 0.385. The van der Waals surface area contributed by atoms with Crippen molar-refractivity contribution in [3.8, 4) is 0 Å². The van der Waals surface area contributed by atoms with Crippen molar-refractivity contribution < 1.29 is 9.13 Å². The van der Waals surface area contributed by atoms with Gasteiger partial charge in [0, 0.05) is 17.0 Å². The van der Waals surface area contributed by atoms with E-state index in [2.05, 4.69) is 5.43 Å². The first-order valence-corrected chi connectivity index (χ1v) is 6.32. The van der Waals surface area contributed by atoms with Crippen molar-refractivity contribution in [2.24, 2.45) is 5.84 Å². The maximum absolute atomic E-state index is 13.7. The Morgan fingerprint density at radius 3 is 2.94 bits per heavy atom. The molecular formula is C13H16ClFN2O. The first-order chi connectivity index (χ1) is 8.72. The largest absolute Gasteiger partial charge is 0.497 e. The third-order valence-electron chi connectivity index (χ3n) is 2.98. The topological polar surface area (TPSA) is 47.3 Å². The van der Waals surface area contributed by atoms with Gasteiger partial charge in [0.1, 0.15) is 11.6 Å². The summed E-state index contributed by atoms with van der Waals surface area (Å²) in [5.74, 6) is 5.96. The molecule has 0 aliphatic carbocycles. The van der Waals surface area contributed by atoms with Crippen LogP contribution in [0.5, 0.6) is 0 Å². The van der Waals surface area contributed by atoms with E-state index in [0.717, 1.165) is 18.6 Å². The van der Waals surface area contributed by atoms with Gasteiger partial charge < -0.3 is 4.74 Å². The Balaban J connectivity index is 2.17. The molecule has 18 heavy (non-hydrogen) atoms. The first-order valence-electron chi connectivity index (χ1n) is 5.94. The van der Waals surface area contributed by atoms with Gasteiger partial charge in [-0.2, -0.15) is 0 Å². The van der Waals surface area contributed by atoms with Gasteiger partial charge in [0.15, 0.2) is 0 Å². The van der Waals surface area contributed by atoms with Gasteiger partial charge in [0.25, 0.3) is 0 Å². The molecule has 1 aromatic rings. The number of hydrogen-bond donors (Lipinski definition) is 2. The van der Waals surface area contributed by atoms with Gasteiger partial charge in [-0.05, 0) is 31.1 Å². The number of benzene rings is 1. The molecule has 1 atom stereocenters. The Kier molecular flexibility index (Phi) is 4.58. The van der Waals surface area contributed by atoms with Crippen molar-refractivity contribution in [2.75, 3.05) is 6.61 Å². The van der Waals surface area contributed by atoms with E-state index < -0.39 is 0 Å². The highest BCUT2D eigenvalue weighted by Gasteiger charge is 2.20. The van der Waals surface area contributed by atoms with E-state index in [-0.39, 0.29) is 11.9 Å². The van der Waals surface area contributed by atoms with Crippen molar-refractivity contribution >= 4 is 11.6 Å². The van der Waals surface area contributed by atoms with Crippen LogP contribution in [0.15, 0.2) is 30.0 Å². The third kappa shape index (κ3) is 3.02. The summed E-state index contributed by atoms with van der Waals surface area (Å²) in [6.45, 7) is 0.676. The Morgan fingerprint density at radius 2 is 2.33 bits per heavy atom. The lowest BCUT2D eigenvalue weighted by atomic mass is 10.0. The smallest absolute Gasteiger partial charge is 0.127 e. The number of halogens is 2. The number of rotatable bonds is 4. The predicted molar refractivity (Wildman–Crippen MR) is 69.5 cm³/mol. The number of hydrazine groups is 1. The molecule has 5 heteroatoms.